The average Bonchev–Trinajstić information content (AvgIpc) is 2.65. The average molecular weight is 239 g/mol. The number of carboxylic acid groups (broad SMARTS) is 1. The van der Waals surface area contributed by atoms with Crippen molar-refractivity contribution >= 4 is 17.6 Å². The van der Waals surface area contributed by atoms with Crippen LogP contribution in [0.2, 0.25) is 0 Å². The second-order valence-electron chi connectivity index (χ2n) is 3.85. The van der Waals surface area contributed by atoms with Crippen molar-refractivity contribution in [2.24, 2.45) is 5.92 Å². The number of hydrogen-bond donors (Lipinski definition) is 2. The van der Waals surface area contributed by atoms with Crippen molar-refractivity contribution in [2.75, 3.05) is 11.4 Å². The third-order valence-corrected chi connectivity index (χ3v) is 2.73. The number of rotatable bonds is 2. The van der Waals surface area contributed by atoms with E-state index < -0.39 is 29.4 Å². The summed E-state index contributed by atoms with van der Waals surface area (Å²) in [7, 11) is 0. The highest BCUT2D eigenvalue weighted by atomic mass is 19.1. The molecule has 1 saturated heterocycles. The maximum absolute atomic E-state index is 13.1. The van der Waals surface area contributed by atoms with E-state index in [2.05, 4.69) is 0 Å². The molecule has 1 aliphatic heterocycles. The van der Waals surface area contributed by atoms with E-state index >= 15 is 0 Å². The number of carboxylic acids is 1. The van der Waals surface area contributed by atoms with Crippen molar-refractivity contribution in [3.05, 3.63) is 24.0 Å². The van der Waals surface area contributed by atoms with Gasteiger partial charge in [0.25, 0.3) is 0 Å². The first-order valence-electron chi connectivity index (χ1n) is 5.01. The van der Waals surface area contributed by atoms with Crippen LogP contribution in [0.3, 0.4) is 0 Å². The minimum absolute atomic E-state index is 0.0127. The number of aromatic hydroxyl groups is 1. The predicted octanol–water partition coefficient (Wildman–Crippen LogP) is 0.969. The first-order valence-corrected chi connectivity index (χ1v) is 5.01. The molecule has 0 radical (unpaired) electrons. The van der Waals surface area contributed by atoms with Crippen molar-refractivity contribution in [2.45, 2.75) is 6.42 Å². The largest absolute Gasteiger partial charge is 0.503 e. The Morgan fingerprint density at radius 2 is 2.18 bits per heavy atom. The zero-order valence-electron chi connectivity index (χ0n) is 8.76. The van der Waals surface area contributed by atoms with Crippen LogP contribution in [0.5, 0.6) is 5.75 Å². The summed E-state index contributed by atoms with van der Waals surface area (Å²) in [4.78, 5) is 23.4. The normalized spacial score (nSPS) is 19.7. The summed E-state index contributed by atoms with van der Waals surface area (Å²) in [6.45, 7) is -0.0504. The molecule has 5 nitrogen and oxygen atoms in total. The van der Waals surface area contributed by atoms with E-state index in [-0.39, 0.29) is 18.7 Å². The van der Waals surface area contributed by atoms with Crippen LogP contribution < -0.4 is 4.90 Å². The number of aliphatic carboxylic acids is 1. The second-order valence-corrected chi connectivity index (χ2v) is 3.85. The Morgan fingerprint density at radius 1 is 1.47 bits per heavy atom. The molecule has 0 aromatic heterocycles. The number of benzene rings is 1. The molecular weight excluding hydrogens is 229 g/mol. The topological polar surface area (TPSA) is 77.8 Å². The zero-order valence-corrected chi connectivity index (χ0v) is 8.76. The summed E-state index contributed by atoms with van der Waals surface area (Å²) in [6, 6.07) is 3.79. The first-order chi connectivity index (χ1) is 8.00. The number of carbonyl (C=O) groups excluding carboxylic acids is 1. The van der Waals surface area contributed by atoms with Crippen LogP contribution in [0.15, 0.2) is 18.2 Å². The molecule has 6 heteroatoms. The van der Waals surface area contributed by atoms with Gasteiger partial charge in [0.05, 0.1) is 11.6 Å². The Morgan fingerprint density at radius 3 is 2.76 bits per heavy atom. The molecule has 1 fully saturated rings. The van der Waals surface area contributed by atoms with Crippen molar-refractivity contribution in [3.8, 4) is 5.75 Å². The van der Waals surface area contributed by atoms with E-state index in [0.29, 0.717) is 0 Å². The molecule has 1 aromatic rings. The number of carbonyl (C=O) groups is 2. The van der Waals surface area contributed by atoms with Gasteiger partial charge in [-0.3, -0.25) is 9.59 Å². The van der Waals surface area contributed by atoms with Gasteiger partial charge in [0.1, 0.15) is 0 Å². The SMILES string of the molecule is O=C(O)C1CC(=O)N(c2cccc(F)c2O)C1. The fraction of sp³-hybridized carbons (Fsp3) is 0.273. The lowest BCUT2D eigenvalue weighted by atomic mass is 10.1. The van der Waals surface area contributed by atoms with Crippen LogP contribution in [0.25, 0.3) is 0 Å². The molecule has 1 aromatic carbocycles. The van der Waals surface area contributed by atoms with E-state index in [9.17, 15) is 19.1 Å². The number of hydrogen-bond acceptors (Lipinski definition) is 3. The Bertz CT molecular complexity index is 488. The van der Waals surface area contributed by atoms with Gasteiger partial charge in [-0.25, -0.2) is 4.39 Å². The van der Waals surface area contributed by atoms with E-state index in [1.165, 1.54) is 12.1 Å². The molecule has 1 aliphatic rings. The monoisotopic (exact) mass is 239 g/mol. The molecule has 90 valence electrons. The molecule has 0 saturated carbocycles. The Labute approximate surface area is 96.1 Å². The van der Waals surface area contributed by atoms with Gasteiger partial charge in [-0.1, -0.05) is 6.07 Å². The van der Waals surface area contributed by atoms with Gasteiger partial charge in [-0.05, 0) is 12.1 Å². The molecule has 0 aliphatic carbocycles. The molecule has 1 amide bonds. The van der Waals surface area contributed by atoms with Crippen LogP contribution in [-0.2, 0) is 9.59 Å². The standard InChI is InChI=1S/C11H10FNO4/c12-7-2-1-3-8(10(7)15)13-5-6(11(16)17)4-9(13)14/h1-3,6,15H,4-5H2,(H,16,17). The minimum Gasteiger partial charge on any atom is -0.503 e. The fourth-order valence-electron chi connectivity index (χ4n) is 1.83. The quantitative estimate of drug-likeness (QED) is 0.806. The molecule has 1 unspecified atom stereocenters. The van der Waals surface area contributed by atoms with Gasteiger partial charge in [0.2, 0.25) is 5.91 Å². The number of nitrogens with zero attached hydrogens (tertiary/aromatic N) is 1. The highest BCUT2D eigenvalue weighted by Crippen LogP contribution is 2.33. The zero-order chi connectivity index (χ0) is 12.6. The van der Waals surface area contributed by atoms with Crippen LogP contribution in [0.1, 0.15) is 6.42 Å². The van der Waals surface area contributed by atoms with Crippen molar-refractivity contribution in [1.29, 1.82) is 0 Å². The van der Waals surface area contributed by atoms with Crippen molar-refractivity contribution in [3.63, 3.8) is 0 Å². The lowest BCUT2D eigenvalue weighted by molar-refractivity contribution is -0.141. The van der Waals surface area contributed by atoms with Crippen LogP contribution in [0.4, 0.5) is 10.1 Å². The van der Waals surface area contributed by atoms with Gasteiger partial charge in [0.15, 0.2) is 11.6 Å². The van der Waals surface area contributed by atoms with E-state index in [1.807, 2.05) is 0 Å². The molecule has 2 rings (SSSR count). The summed E-state index contributed by atoms with van der Waals surface area (Å²) < 4.78 is 13.1. The number of anilines is 1. The smallest absolute Gasteiger partial charge is 0.308 e. The van der Waals surface area contributed by atoms with E-state index in [1.54, 1.807) is 0 Å². The van der Waals surface area contributed by atoms with Gasteiger partial charge < -0.3 is 15.1 Å². The first kappa shape index (κ1) is 11.4. The third-order valence-electron chi connectivity index (χ3n) is 2.73. The number of phenolic OH excluding ortho intramolecular Hbond substituents is 1. The van der Waals surface area contributed by atoms with Crippen molar-refractivity contribution < 1.29 is 24.2 Å². The van der Waals surface area contributed by atoms with E-state index in [4.69, 9.17) is 5.11 Å². The highest BCUT2D eigenvalue weighted by molar-refractivity contribution is 6.00. The van der Waals surface area contributed by atoms with Crippen LogP contribution in [0, 0.1) is 11.7 Å². The lowest BCUT2D eigenvalue weighted by Crippen LogP contribution is -2.25. The molecule has 1 heterocycles. The lowest BCUT2D eigenvalue weighted by Gasteiger charge is -2.17. The molecule has 2 N–H and O–H groups in total. The summed E-state index contributed by atoms with van der Waals surface area (Å²) in [5.74, 6) is -3.79. The Hall–Kier alpha value is -2.11. The Kier molecular flexibility index (Phi) is 2.71. The summed E-state index contributed by atoms with van der Waals surface area (Å²) in [6.07, 6.45) is -0.134. The maximum atomic E-state index is 13.1. The maximum Gasteiger partial charge on any atom is 0.308 e. The molecular formula is C11H10FNO4. The summed E-state index contributed by atoms with van der Waals surface area (Å²) in [5.41, 5.74) is 0.0127. The van der Waals surface area contributed by atoms with Crippen molar-refractivity contribution in [1.82, 2.24) is 0 Å². The number of phenols is 1. The van der Waals surface area contributed by atoms with E-state index in [0.717, 1.165) is 11.0 Å². The Balaban J connectivity index is 2.32. The highest BCUT2D eigenvalue weighted by Gasteiger charge is 2.36. The second kappa shape index (κ2) is 4.04. The van der Waals surface area contributed by atoms with Gasteiger partial charge in [-0.2, -0.15) is 0 Å². The third kappa shape index (κ3) is 1.93. The number of amides is 1. The fourth-order valence-corrected chi connectivity index (χ4v) is 1.83. The van der Waals surface area contributed by atoms with Gasteiger partial charge in [0, 0.05) is 13.0 Å². The molecule has 17 heavy (non-hydrogen) atoms. The molecule has 0 spiro atoms. The molecule has 0 bridgehead atoms. The van der Waals surface area contributed by atoms with Crippen LogP contribution in [-0.4, -0.2) is 28.6 Å². The van der Waals surface area contributed by atoms with Gasteiger partial charge in [-0.15, -0.1) is 0 Å². The van der Waals surface area contributed by atoms with Crippen LogP contribution >= 0.6 is 0 Å². The number of para-hydroxylation sites is 1. The summed E-state index contributed by atoms with van der Waals surface area (Å²) >= 11 is 0. The predicted molar refractivity (Wildman–Crippen MR) is 56.2 cm³/mol. The minimum atomic E-state index is -1.07. The summed E-state index contributed by atoms with van der Waals surface area (Å²) in [5, 5.41) is 18.3. The number of halogens is 1. The molecule has 1 atom stereocenters. The van der Waals surface area contributed by atoms with Gasteiger partial charge >= 0.3 is 5.97 Å².